The van der Waals surface area contributed by atoms with Crippen LogP contribution in [-0.2, 0) is 9.84 Å². The summed E-state index contributed by atoms with van der Waals surface area (Å²) >= 11 is 1.54. The first kappa shape index (κ1) is 14.8. The van der Waals surface area contributed by atoms with Gasteiger partial charge >= 0.3 is 0 Å². The Balaban J connectivity index is 1.78. The lowest BCUT2D eigenvalue weighted by Crippen LogP contribution is -2.29. The molecule has 1 aliphatic carbocycles. The number of nitrogens with one attached hydrogen (secondary N) is 1. The Bertz CT molecular complexity index is 509. The van der Waals surface area contributed by atoms with Crippen LogP contribution in [0.15, 0.2) is 34.1 Å². The van der Waals surface area contributed by atoms with E-state index < -0.39 is 9.84 Å². The Morgan fingerprint density at radius 1 is 1.37 bits per heavy atom. The molecule has 0 amide bonds. The largest absolute Gasteiger partial charge is 0.391 e. The topological polar surface area (TPSA) is 66.4 Å². The molecule has 1 fully saturated rings. The zero-order valence-electron chi connectivity index (χ0n) is 10.9. The Labute approximate surface area is 118 Å². The molecule has 106 valence electrons. The average molecular weight is 301 g/mol. The quantitative estimate of drug-likeness (QED) is 0.743. The van der Waals surface area contributed by atoms with E-state index in [9.17, 15) is 13.5 Å². The smallest absolute Gasteiger partial charge is 0.175 e. The van der Waals surface area contributed by atoms with Crippen molar-refractivity contribution in [2.45, 2.75) is 34.8 Å². The molecule has 1 aliphatic rings. The minimum absolute atomic E-state index is 0.327. The molecule has 2 rings (SSSR count). The molecule has 0 aromatic heterocycles. The van der Waals surface area contributed by atoms with Crippen molar-refractivity contribution in [2.24, 2.45) is 0 Å². The van der Waals surface area contributed by atoms with Crippen molar-refractivity contribution in [1.82, 2.24) is 5.32 Å². The van der Waals surface area contributed by atoms with Gasteiger partial charge in [-0.15, -0.1) is 11.8 Å². The molecule has 1 unspecified atom stereocenters. The minimum Gasteiger partial charge on any atom is -0.391 e. The molecule has 1 aromatic carbocycles. The van der Waals surface area contributed by atoms with Crippen molar-refractivity contribution in [3.8, 4) is 0 Å². The third kappa shape index (κ3) is 5.14. The fourth-order valence-electron chi connectivity index (χ4n) is 1.62. The van der Waals surface area contributed by atoms with Gasteiger partial charge in [0.1, 0.15) is 0 Å². The molecule has 19 heavy (non-hydrogen) atoms. The predicted octanol–water partition coefficient (Wildman–Crippen LogP) is 1.30. The Kier molecular flexibility index (Phi) is 4.89. The number of aliphatic hydroxyl groups excluding tert-OH is 1. The van der Waals surface area contributed by atoms with Crippen LogP contribution < -0.4 is 5.32 Å². The van der Waals surface area contributed by atoms with Gasteiger partial charge in [0.05, 0.1) is 11.0 Å². The molecule has 0 heterocycles. The first-order valence-electron chi connectivity index (χ1n) is 6.29. The maximum absolute atomic E-state index is 11.3. The van der Waals surface area contributed by atoms with Gasteiger partial charge in [0.15, 0.2) is 9.84 Å². The van der Waals surface area contributed by atoms with Gasteiger partial charge in [-0.2, -0.15) is 0 Å². The zero-order chi connectivity index (χ0) is 13.9. The summed E-state index contributed by atoms with van der Waals surface area (Å²) in [4.78, 5) is 1.30. The summed E-state index contributed by atoms with van der Waals surface area (Å²) in [6.07, 6.45) is 3.25. The molecule has 4 nitrogen and oxygen atoms in total. The van der Waals surface area contributed by atoms with Crippen molar-refractivity contribution in [3.63, 3.8) is 0 Å². The third-order valence-electron chi connectivity index (χ3n) is 2.91. The lowest BCUT2D eigenvalue weighted by atomic mass is 10.4. The standard InChI is InChI=1S/C13H19NO3S2/c1-19(16,17)13-6-4-12(5-7-13)18-9-11(15)8-14-10-2-3-10/h4-7,10-11,14-15H,2-3,8-9H2,1H3. The molecule has 0 saturated heterocycles. The van der Waals surface area contributed by atoms with E-state index >= 15 is 0 Å². The van der Waals surface area contributed by atoms with Gasteiger partial charge in [0.2, 0.25) is 0 Å². The van der Waals surface area contributed by atoms with Crippen molar-refractivity contribution in [1.29, 1.82) is 0 Å². The highest BCUT2D eigenvalue weighted by molar-refractivity contribution is 7.99. The second-order valence-corrected chi connectivity index (χ2v) is 8.00. The molecule has 1 atom stereocenters. The van der Waals surface area contributed by atoms with Crippen LogP contribution >= 0.6 is 11.8 Å². The van der Waals surface area contributed by atoms with Crippen LogP contribution in [0.4, 0.5) is 0 Å². The fraction of sp³-hybridized carbons (Fsp3) is 0.538. The Hall–Kier alpha value is -0.560. The van der Waals surface area contributed by atoms with Gasteiger partial charge in [0, 0.05) is 29.5 Å². The van der Waals surface area contributed by atoms with E-state index in [1.807, 2.05) is 0 Å². The van der Waals surface area contributed by atoms with Gasteiger partial charge in [0.25, 0.3) is 0 Å². The summed E-state index contributed by atoms with van der Waals surface area (Å²) in [5, 5.41) is 13.1. The average Bonchev–Trinajstić information content (AvgIpc) is 3.17. The van der Waals surface area contributed by atoms with Crippen molar-refractivity contribution < 1.29 is 13.5 Å². The second kappa shape index (κ2) is 6.26. The number of benzene rings is 1. The van der Waals surface area contributed by atoms with Crippen LogP contribution in [0, 0.1) is 0 Å². The third-order valence-corrected chi connectivity index (χ3v) is 5.20. The van der Waals surface area contributed by atoms with Gasteiger partial charge in [-0.3, -0.25) is 0 Å². The molecular formula is C13H19NO3S2. The van der Waals surface area contributed by atoms with Crippen molar-refractivity contribution in [2.75, 3.05) is 18.6 Å². The number of hydrogen-bond donors (Lipinski definition) is 2. The molecular weight excluding hydrogens is 282 g/mol. The maximum Gasteiger partial charge on any atom is 0.175 e. The summed E-state index contributed by atoms with van der Waals surface area (Å²) in [5.74, 6) is 0.609. The molecule has 0 radical (unpaired) electrons. The first-order valence-corrected chi connectivity index (χ1v) is 9.17. The summed E-state index contributed by atoms with van der Waals surface area (Å²) < 4.78 is 22.6. The monoisotopic (exact) mass is 301 g/mol. The van der Waals surface area contributed by atoms with Crippen molar-refractivity contribution >= 4 is 21.6 Å². The van der Waals surface area contributed by atoms with E-state index in [0.717, 1.165) is 4.90 Å². The van der Waals surface area contributed by atoms with E-state index in [1.165, 1.54) is 30.9 Å². The lowest BCUT2D eigenvalue weighted by molar-refractivity contribution is 0.195. The van der Waals surface area contributed by atoms with Crippen LogP contribution in [0.5, 0.6) is 0 Å². The molecule has 0 aliphatic heterocycles. The highest BCUT2D eigenvalue weighted by Crippen LogP contribution is 2.22. The summed E-state index contributed by atoms with van der Waals surface area (Å²) in [6, 6.07) is 7.37. The van der Waals surface area contributed by atoms with E-state index in [4.69, 9.17) is 0 Å². The number of thioether (sulfide) groups is 1. The van der Waals surface area contributed by atoms with Gasteiger partial charge in [-0.05, 0) is 37.1 Å². The second-order valence-electron chi connectivity index (χ2n) is 4.89. The number of aliphatic hydroxyl groups is 1. The highest BCUT2D eigenvalue weighted by Gasteiger charge is 2.21. The zero-order valence-corrected chi connectivity index (χ0v) is 12.5. The minimum atomic E-state index is -3.13. The van der Waals surface area contributed by atoms with Crippen LogP contribution in [-0.4, -0.2) is 44.2 Å². The lowest BCUT2D eigenvalue weighted by Gasteiger charge is -2.11. The molecule has 6 heteroatoms. The van der Waals surface area contributed by atoms with E-state index in [2.05, 4.69) is 5.32 Å². The maximum atomic E-state index is 11.3. The highest BCUT2D eigenvalue weighted by atomic mass is 32.2. The molecule has 1 aromatic rings. The van der Waals surface area contributed by atoms with Gasteiger partial charge < -0.3 is 10.4 Å². The van der Waals surface area contributed by atoms with Crippen LogP contribution in [0.25, 0.3) is 0 Å². The van der Waals surface area contributed by atoms with Crippen LogP contribution in [0.2, 0.25) is 0 Å². The Morgan fingerprint density at radius 3 is 2.53 bits per heavy atom. The normalized spacial score (nSPS) is 17.4. The summed E-state index contributed by atoms with van der Waals surface area (Å²) in [7, 11) is -3.13. The molecule has 2 N–H and O–H groups in total. The van der Waals surface area contributed by atoms with Crippen LogP contribution in [0.3, 0.4) is 0 Å². The molecule has 1 saturated carbocycles. The van der Waals surface area contributed by atoms with Crippen molar-refractivity contribution in [3.05, 3.63) is 24.3 Å². The van der Waals surface area contributed by atoms with E-state index in [-0.39, 0.29) is 6.10 Å². The predicted molar refractivity (Wildman–Crippen MR) is 77.3 cm³/mol. The fourth-order valence-corrected chi connectivity index (χ4v) is 3.09. The van der Waals surface area contributed by atoms with Crippen LogP contribution in [0.1, 0.15) is 12.8 Å². The SMILES string of the molecule is CS(=O)(=O)c1ccc(SCC(O)CNC2CC2)cc1. The number of rotatable bonds is 7. The number of sulfone groups is 1. The van der Waals surface area contributed by atoms with E-state index in [0.29, 0.717) is 23.2 Å². The van der Waals surface area contributed by atoms with Gasteiger partial charge in [-0.1, -0.05) is 0 Å². The Morgan fingerprint density at radius 2 is 2.00 bits per heavy atom. The number of hydrogen-bond acceptors (Lipinski definition) is 5. The summed E-state index contributed by atoms with van der Waals surface area (Å²) in [6.45, 7) is 0.624. The van der Waals surface area contributed by atoms with E-state index in [1.54, 1.807) is 24.3 Å². The first-order chi connectivity index (χ1) is 8.95. The molecule has 0 bridgehead atoms. The molecule has 0 spiro atoms. The van der Waals surface area contributed by atoms with Gasteiger partial charge in [-0.25, -0.2) is 8.42 Å². The summed E-state index contributed by atoms with van der Waals surface area (Å²) in [5.41, 5.74) is 0.